The Bertz CT molecular complexity index is 898. The molecule has 188 valence electrons. The van der Waals surface area contributed by atoms with Gasteiger partial charge in [-0.15, -0.1) is 0 Å². The Hall–Kier alpha value is -3.02. The zero-order chi connectivity index (χ0) is 25.3. The highest BCUT2D eigenvalue weighted by Crippen LogP contribution is 2.26. The quantitative estimate of drug-likeness (QED) is 0.560. The van der Waals surface area contributed by atoms with E-state index >= 15 is 0 Å². The Balaban J connectivity index is 0.00000199. The molecule has 34 heavy (non-hydrogen) atoms. The summed E-state index contributed by atoms with van der Waals surface area (Å²) < 4.78 is 5.29. The van der Waals surface area contributed by atoms with E-state index in [1.807, 2.05) is 13.8 Å². The van der Waals surface area contributed by atoms with Crippen molar-refractivity contribution in [2.45, 2.75) is 90.8 Å². The minimum atomic E-state index is -0.597. The molecule has 0 saturated heterocycles. The maximum Gasteiger partial charge on any atom is 0.410 e. The Labute approximate surface area is 203 Å². The molecule has 4 N–H and O–H groups in total. The van der Waals surface area contributed by atoms with Crippen LogP contribution < -0.4 is 16.4 Å². The lowest BCUT2D eigenvalue weighted by atomic mass is 9.86. The molecule has 2 saturated carbocycles. The van der Waals surface area contributed by atoms with Gasteiger partial charge in [0.15, 0.2) is 0 Å². The van der Waals surface area contributed by atoms with Gasteiger partial charge in [-0.2, -0.15) is 4.98 Å². The van der Waals surface area contributed by atoms with Crippen molar-refractivity contribution in [3.63, 3.8) is 0 Å². The SMILES string of the molecule is CC.CN(CC(=O)N[C@H]1CCC[C@@H](C#Cc2cnc(N)nc2NC2CC2)C1)C(=O)OC(C)(C)C. The predicted octanol–water partition coefficient (Wildman–Crippen LogP) is 3.55. The van der Waals surface area contributed by atoms with E-state index in [2.05, 4.69) is 32.4 Å². The summed E-state index contributed by atoms with van der Waals surface area (Å²) in [6.45, 7) is 9.34. The fourth-order valence-corrected chi connectivity index (χ4v) is 3.54. The number of anilines is 2. The number of nitrogens with two attached hydrogens (primary N) is 1. The van der Waals surface area contributed by atoms with E-state index in [4.69, 9.17) is 10.5 Å². The molecule has 0 bridgehead atoms. The van der Waals surface area contributed by atoms with Gasteiger partial charge < -0.3 is 26.0 Å². The molecule has 0 radical (unpaired) electrons. The van der Waals surface area contributed by atoms with Crippen LogP contribution in [0.5, 0.6) is 0 Å². The van der Waals surface area contributed by atoms with E-state index in [-0.39, 0.29) is 30.4 Å². The molecule has 0 unspecified atom stereocenters. The molecule has 0 aromatic carbocycles. The highest BCUT2D eigenvalue weighted by molar-refractivity contribution is 5.82. The summed E-state index contributed by atoms with van der Waals surface area (Å²) in [5.74, 6) is 7.44. The third kappa shape index (κ3) is 9.46. The van der Waals surface area contributed by atoms with Crippen LogP contribution in [0, 0.1) is 17.8 Å². The third-order valence-corrected chi connectivity index (χ3v) is 5.26. The van der Waals surface area contributed by atoms with Gasteiger partial charge in [-0.1, -0.05) is 32.1 Å². The predicted molar refractivity (Wildman–Crippen MR) is 134 cm³/mol. The molecule has 1 heterocycles. The molecule has 1 aromatic rings. The highest BCUT2D eigenvalue weighted by atomic mass is 16.6. The van der Waals surface area contributed by atoms with Crippen molar-refractivity contribution in [2.75, 3.05) is 24.6 Å². The van der Waals surface area contributed by atoms with Crippen LogP contribution in [0.1, 0.15) is 78.7 Å². The Morgan fingerprint density at radius 1 is 1.21 bits per heavy atom. The highest BCUT2D eigenvalue weighted by Gasteiger charge is 2.25. The van der Waals surface area contributed by atoms with Crippen molar-refractivity contribution in [2.24, 2.45) is 5.92 Å². The van der Waals surface area contributed by atoms with Crippen molar-refractivity contribution >= 4 is 23.8 Å². The van der Waals surface area contributed by atoms with Crippen LogP contribution in [0.25, 0.3) is 0 Å². The van der Waals surface area contributed by atoms with Gasteiger partial charge in [0.25, 0.3) is 0 Å². The van der Waals surface area contributed by atoms with Crippen LogP contribution in [-0.4, -0.2) is 58.1 Å². The average Bonchev–Trinajstić information content (AvgIpc) is 3.57. The lowest BCUT2D eigenvalue weighted by molar-refractivity contribution is -0.123. The maximum atomic E-state index is 12.4. The zero-order valence-electron chi connectivity index (χ0n) is 21.4. The number of aromatic nitrogens is 2. The first-order valence-corrected chi connectivity index (χ1v) is 12.2. The van der Waals surface area contributed by atoms with Crippen molar-refractivity contribution in [1.82, 2.24) is 20.2 Å². The zero-order valence-corrected chi connectivity index (χ0v) is 21.4. The largest absolute Gasteiger partial charge is 0.444 e. The fourth-order valence-electron chi connectivity index (χ4n) is 3.54. The van der Waals surface area contributed by atoms with E-state index in [1.165, 1.54) is 4.90 Å². The first-order chi connectivity index (χ1) is 16.1. The summed E-state index contributed by atoms with van der Waals surface area (Å²) >= 11 is 0. The third-order valence-electron chi connectivity index (χ3n) is 5.26. The van der Waals surface area contributed by atoms with Gasteiger partial charge >= 0.3 is 6.09 Å². The molecule has 2 amide bonds. The Morgan fingerprint density at radius 3 is 2.56 bits per heavy atom. The number of amides is 2. The van der Waals surface area contributed by atoms with Crippen molar-refractivity contribution in [3.8, 4) is 11.8 Å². The molecule has 0 spiro atoms. The summed E-state index contributed by atoms with van der Waals surface area (Å²) in [4.78, 5) is 34.1. The van der Waals surface area contributed by atoms with Gasteiger partial charge in [-0.3, -0.25) is 4.79 Å². The molecule has 0 aliphatic heterocycles. The molecular formula is C25H40N6O3. The van der Waals surface area contributed by atoms with Crippen LogP contribution in [0.4, 0.5) is 16.6 Å². The Morgan fingerprint density at radius 2 is 1.91 bits per heavy atom. The van der Waals surface area contributed by atoms with Gasteiger partial charge in [-0.25, -0.2) is 9.78 Å². The monoisotopic (exact) mass is 472 g/mol. The molecule has 2 atom stereocenters. The molecule has 2 aliphatic rings. The summed E-state index contributed by atoms with van der Waals surface area (Å²) in [5, 5.41) is 6.40. The normalized spacial score (nSPS) is 19.5. The number of carbonyl (C=O) groups excluding carboxylic acids is 2. The lowest BCUT2D eigenvalue weighted by Gasteiger charge is -2.28. The van der Waals surface area contributed by atoms with Crippen LogP contribution >= 0.6 is 0 Å². The van der Waals surface area contributed by atoms with Crippen molar-refractivity contribution in [1.29, 1.82) is 0 Å². The van der Waals surface area contributed by atoms with Crippen molar-refractivity contribution in [3.05, 3.63) is 11.8 Å². The van der Waals surface area contributed by atoms with Gasteiger partial charge in [0.1, 0.15) is 18.0 Å². The van der Waals surface area contributed by atoms with E-state index < -0.39 is 11.7 Å². The molecule has 3 rings (SSSR count). The van der Waals surface area contributed by atoms with Crippen LogP contribution in [-0.2, 0) is 9.53 Å². The number of nitrogen functional groups attached to an aromatic ring is 1. The second kappa shape index (κ2) is 12.4. The summed E-state index contributed by atoms with van der Waals surface area (Å²) in [5.41, 5.74) is 5.88. The van der Waals surface area contributed by atoms with Crippen LogP contribution in [0.2, 0.25) is 0 Å². The number of hydrogen-bond donors (Lipinski definition) is 3. The van der Waals surface area contributed by atoms with Crippen molar-refractivity contribution < 1.29 is 14.3 Å². The van der Waals surface area contributed by atoms with E-state index in [9.17, 15) is 9.59 Å². The molecular weight excluding hydrogens is 432 g/mol. The number of hydrogen-bond acceptors (Lipinski definition) is 7. The second-order valence-electron chi connectivity index (χ2n) is 9.64. The molecule has 2 aliphatic carbocycles. The van der Waals surface area contributed by atoms with Gasteiger partial charge in [0, 0.05) is 25.0 Å². The number of rotatable bonds is 5. The van der Waals surface area contributed by atoms with Crippen LogP contribution in [0.15, 0.2) is 6.20 Å². The number of ether oxygens (including phenoxy) is 1. The number of nitrogens with zero attached hydrogens (tertiary/aromatic N) is 3. The molecule has 1 aromatic heterocycles. The molecule has 9 nitrogen and oxygen atoms in total. The van der Waals surface area contributed by atoms with E-state index in [0.717, 1.165) is 44.1 Å². The first kappa shape index (κ1) is 27.2. The van der Waals surface area contributed by atoms with Gasteiger partial charge in [0.2, 0.25) is 11.9 Å². The number of nitrogens with one attached hydrogen (secondary N) is 2. The maximum absolute atomic E-state index is 12.4. The van der Waals surface area contributed by atoms with E-state index in [0.29, 0.717) is 11.9 Å². The Kier molecular flexibility index (Phi) is 9.97. The molecule has 9 heteroatoms. The second-order valence-corrected chi connectivity index (χ2v) is 9.64. The first-order valence-electron chi connectivity index (χ1n) is 12.2. The standard InChI is InChI=1S/C23H34N6O3.C2H6/c1-23(2,3)32-22(31)29(4)14-19(30)26-18-7-5-6-15(12-18)8-9-16-13-25-21(24)28-20(16)27-17-10-11-17;1-2/h13,15,17-18H,5-7,10-12,14H2,1-4H3,(H,26,30)(H3,24,25,27,28);1-2H3/t15-,18-;/m0./s1. The lowest BCUT2D eigenvalue weighted by Crippen LogP contribution is -2.45. The summed E-state index contributed by atoms with van der Waals surface area (Å²) in [7, 11) is 1.56. The minimum absolute atomic E-state index is 0.0364. The van der Waals surface area contributed by atoms with Crippen LogP contribution in [0.3, 0.4) is 0 Å². The fraction of sp³-hybridized carbons (Fsp3) is 0.680. The topological polar surface area (TPSA) is 122 Å². The average molecular weight is 473 g/mol. The summed E-state index contributed by atoms with van der Waals surface area (Å²) in [6, 6.07) is 0.479. The smallest absolute Gasteiger partial charge is 0.410 e. The van der Waals surface area contributed by atoms with Gasteiger partial charge in [0.05, 0.1) is 11.8 Å². The summed E-state index contributed by atoms with van der Waals surface area (Å²) in [6.07, 6.45) is 7.05. The number of carbonyl (C=O) groups is 2. The molecule has 2 fully saturated rings. The van der Waals surface area contributed by atoms with Gasteiger partial charge in [-0.05, 0) is 52.9 Å². The van der Waals surface area contributed by atoms with E-state index in [1.54, 1.807) is 34.0 Å². The minimum Gasteiger partial charge on any atom is -0.444 e. The number of likely N-dealkylation sites (N-methyl/N-ethyl adjacent to an activating group) is 1.